The highest BCUT2D eigenvalue weighted by molar-refractivity contribution is 7.92. The largest absolute Gasteiger partial charge is 0.497 e. The number of sulfonamides is 1. The Hall–Kier alpha value is -4.05. The summed E-state index contributed by atoms with van der Waals surface area (Å²) >= 11 is 0. The van der Waals surface area contributed by atoms with Gasteiger partial charge in [-0.15, -0.1) is 0 Å². The van der Waals surface area contributed by atoms with Gasteiger partial charge in [0.2, 0.25) is 21.8 Å². The van der Waals surface area contributed by atoms with Gasteiger partial charge in [-0.2, -0.15) is 0 Å². The van der Waals surface area contributed by atoms with Crippen molar-refractivity contribution in [1.29, 1.82) is 0 Å². The van der Waals surface area contributed by atoms with Gasteiger partial charge in [0.1, 0.15) is 17.5 Å². The fourth-order valence-corrected chi connectivity index (χ4v) is 6.91. The number of carbonyl (C=O) groups is 2. The van der Waals surface area contributed by atoms with E-state index in [9.17, 15) is 18.0 Å². The van der Waals surface area contributed by atoms with Crippen molar-refractivity contribution in [3.05, 3.63) is 90.0 Å². The van der Waals surface area contributed by atoms with E-state index in [1.54, 1.807) is 36.3 Å². The van der Waals surface area contributed by atoms with Crippen LogP contribution in [-0.4, -0.2) is 63.7 Å². The molecule has 1 aliphatic carbocycles. The molecule has 10 heteroatoms. The first-order valence-electron chi connectivity index (χ1n) is 16.1. The summed E-state index contributed by atoms with van der Waals surface area (Å²) < 4.78 is 37.8. The third kappa shape index (κ3) is 10.2. The van der Waals surface area contributed by atoms with Gasteiger partial charge < -0.3 is 19.7 Å². The Morgan fingerprint density at radius 2 is 1.61 bits per heavy atom. The second-order valence-corrected chi connectivity index (χ2v) is 13.7. The number of benzene rings is 3. The van der Waals surface area contributed by atoms with Crippen molar-refractivity contribution in [2.45, 2.75) is 76.9 Å². The van der Waals surface area contributed by atoms with E-state index in [1.165, 1.54) is 10.7 Å². The summed E-state index contributed by atoms with van der Waals surface area (Å²) in [5.41, 5.74) is 2.29. The lowest BCUT2D eigenvalue weighted by atomic mass is 9.94. The van der Waals surface area contributed by atoms with Gasteiger partial charge in [-0.3, -0.25) is 13.9 Å². The van der Waals surface area contributed by atoms with Gasteiger partial charge in [0.25, 0.3) is 0 Å². The minimum Gasteiger partial charge on any atom is -0.497 e. The van der Waals surface area contributed by atoms with E-state index < -0.39 is 16.1 Å². The van der Waals surface area contributed by atoms with Crippen LogP contribution >= 0.6 is 0 Å². The van der Waals surface area contributed by atoms with Crippen molar-refractivity contribution in [2.24, 2.45) is 0 Å². The number of nitrogens with one attached hydrogen (secondary N) is 1. The second-order valence-electron chi connectivity index (χ2n) is 11.8. The molecule has 3 aromatic carbocycles. The van der Waals surface area contributed by atoms with Crippen LogP contribution in [-0.2, 0) is 32.6 Å². The van der Waals surface area contributed by atoms with Crippen LogP contribution < -0.4 is 19.1 Å². The van der Waals surface area contributed by atoms with E-state index in [-0.39, 0.29) is 43.8 Å². The van der Waals surface area contributed by atoms with Crippen molar-refractivity contribution in [2.75, 3.05) is 30.8 Å². The molecular weight excluding hydrogens is 602 g/mol. The Morgan fingerprint density at radius 1 is 0.913 bits per heavy atom. The standard InChI is InChI=1S/C36H47N3O6S/c1-4-45-32-22-20-31(21-23-32)39(46(3,42)43)24-12-19-35(40)38(27-29-15-11-18-33(25-29)44-2)34(26-28-13-7-5-8-14-28)36(41)37-30-16-9-6-10-17-30/h5,7-8,11,13-15,18,20-23,25,30,34H,4,6,9-10,12,16-17,19,24,26-27H2,1-3H3,(H,37,41)/t34-/m0/s1. The zero-order chi connectivity index (χ0) is 32.9. The van der Waals surface area contributed by atoms with E-state index in [0.29, 0.717) is 30.2 Å². The molecule has 0 bridgehead atoms. The first-order chi connectivity index (χ1) is 22.2. The molecule has 2 amide bonds. The average Bonchev–Trinajstić information content (AvgIpc) is 3.05. The van der Waals surface area contributed by atoms with Crippen molar-refractivity contribution in [3.63, 3.8) is 0 Å². The summed E-state index contributed by atoms with van der Waals surface area (Å²) in [6.45, 7) is 2.71. The van der Waals surface area contributed by atoms with Gasteiger partial charge >= 0.3 is 0 Å². The highest BCUT2D eigenvalue weighted by Gasteiger charge is 2.32. The summed E-state index contributed by atoms with van der Waals surface area (Å²) in [7, 11) is -2.02. The molecule has 0 aromatic heterocycles. The number of amides is 2. The van der Waals surface area contributed by atoms with E-state index in [0.717, 1.165) is 43.1 Å². The molecule has 0 heterocycles. The molecule has 3 aromatic rings. The topological polar surface area (TPSA) is 105 Å². The van der Waals surface area contributed by atoms with Crippen LogP contribution in [0.2, 0.25) is 0 Å². The van der Waals surface area contributed by atoms with Crippen LogP contribution in [0.4, 0.5) is 5.69 Å². The number of rotatable bonds is 16. The fourth-order valence-electron chi connectivity index (χ4n) is 5.94. The molecule has 4 rings (SSSR count). The third-order valence-corrected chi connectivity index (χ3v) is 9.49. The molecule has 248 valence electrons. The number of carbonyl (C=O) groups excluding carboxylic acids is 2. The molecule has 0 radical (unpaired) electrons. The van der Waals surface area contributed by atoms with E-state index in [4.69, 9.17) is 9.47 Å². The van der Waals surface area contributed by atoms with E-state index >= 15 is 0 Å². The Balaban J connectivity index is 1.58. The Kier molecular flexibility index (Phi) is 12.9. The first-order valence-corrected chi connectivity index (χ1v) is 18.0. The monoisotopic (exact) mass is 649 g/mol. The van der Waals surface area contributed by atoms with Crippen LogP contribution in [0.3, 0.4) is 0 Å². The van der Waals surface area contributed by atoms with Crippen LogP contribution in [0.5, 0.6) is 11.5 Å². The number of methoxy groups -OCH3 is 1. The molecule has 1 saturated carbocycles. The fraction of sp³-hybridized carbons (Fsp3) is 0.444. The molecule has 1 N–H and O–H groups in total. The average molecular weight is 650 g/mol. The zero-order valence-electron chi connectivity index (χ0n) is 27.2. The second kappa shape index (κ2) is 17.0. The summed E-state index contributed by atoms with van der Waals surface area (Å²) in [5.74, 6) is 0.927. The molecule has 0 aliphatic heterocycles. The first kappa shape index (κ1) is 34.8. The number of ether oxygens (including phenoxy) is 2. The smallest absolute Gasteiger partial charge is 0.243 e. The molecule has 46 heavy (non-hydrogen) atoms. The maximum absolute atomic E-state index is 14.1. The third-order valence-electron chi connectivity index (χ3n) is 8.30. The molecule has 9 nitrogen and oxygen atoms in total. The van der Waals surface area contributed by atoms with Gasteiger partial charge in [0.15, 0.2) is 0 Å². The number of hydrogen-bond acceptors (Lipinski definition) is 6. The maximum Gasteiger partial charge on any atom is 0.243 e. The zero-order valence-corrected chi connectivity index (χ0v) is 28.0. The SMILES string of the molecule is CCOc1ccc(N(CCCC(=O)N(Cc2cccc(OC)c2)[C@@H](Cc2ccccc2)C(=O)NC2CCCCC2)S(C)(=O)=O)cc1. The summed E-state index contributed by atoms with van der Waals surface area (Å²) in [6, 6.07) is 23.4. The van der Waals surface area contributed by atoms with Crippen molar-refractivity contribution in [3.8, 4) is 11.5 Å². The van der Waals surface area contributed by atoms with E-state index in [1.807, 2.05) is 61.5 Å². The predicted octanol–water partition coefficient (Wildman–Crippen LogP) is 5.73. The molecule has 1 aliphatic rings. The molecule has 0 unspecified atom stereocenters. The van der Waals surface area contributed by atoms with Gasteiger partial charge in [0.05, 0.1) is 25.7 Å². The molecule has 1 atom stereocenters. The Bertz CT molecular complexity index is 1510. The molecule has 0 saturated heterocycles. The molecule has 0 spiro atoms. The van der Waals surface area contributed by atoms with Gasteiger partial charge in [-0.1, -0.05) is 61.7 Å². The van der Waals surface area contributed by atoms with Crippen molar-refractivity contribution < 1.29 is 27.5 Å². The predicted molar refractivity (Wildman–Crippen MR) is 182 cm³/mol. The highest BCUT2D eigenvalue weighted by Crippen LogP contribution is 2.24. The number of nitrogens with zero attached hydrogens (tertiary/aromatic N) is 2. The van der Waals surface area contributed by atoms with Crippen LogP contribution in [0.1, 0.15) is 63.0 Å². The Morgan fingerprint density at radius 3 is 2.26 bits per heavy atom. The number of hydrogen-bond donors (Lipinski definition) is 1. The molecule has 1 fully saturated rings. The van der Waals surface area contributed by atoms with Crippen LogP contribution in [0, 0.1) is 0 Å². The van der Waals surface area contributed by atoms with Crippen LogP contribution in [0.25, 0.3) is 0 Å². The van der Waals surface area contributed by atoms with Gasteiger partial charge in [-0.05, 0) is 73.7 Å². The normalized spacial score (nSPS) is 14.2. The highest BCUT2D eigenvalue weighted by atomic mass is 32.2. The quantitative estimate of drug-likeness (QED) is 0.213. The van der Waals surface area contributed by atoms with Crippen molar-refractivity contribution >= 4 is 27.5 Å². The summed E-state index contributed by atoms with van der Waals surface area (Å²) in [5, 5.41) is 3.26. The van der Waals surface area contributed by atoms with Crippen molar-refractivity contribution in [1.82, 2.24) is 10.2 Å². The van der Waals surface area contributed by atoms with Gasteiger partial charge in [-0.25, -0.2) is 8.42 Å². The number of anilines is 1. The van der Waals surface area contributed by atoms with Crippen LogP contribution in [0.15, 0.2) is 78.9 Å². The molecular formula is C36H47N3O6S. The Labute approximate surface area is 273 Å². The minimum absolute atomic E-state index is 0.0645. The maximum atomic E-state index is 14.1. The summed E-state index contributed by atoms with van der Waals surface area (Å²) in [6.07, 6.45) is 7.04. The lowest BCUT2D eigenvalue weighted by Gasteiger charge is -2.34. The minimum atomic E-state index is -3.61. The summed E-state index contributed by atoms with van der Waals surface area (Å²) in [4.78, 5) is 29.8. The lowest BCUT2D eigenvalue weighted by molar-refractivity contribution is -0.141. The lowest BCUT2D eigenvalue weighted by Crippen LogP contribution is -2.52. The van der Waals surface area contributed by atoms with Gasteiger partial charge in [0, 0.05) is 32.0 Å². The van der Waals surface area contributed by atoms with E-state index in [2.05, 4.69) is 5.32 Å².